The molecule has 1 aromatic heterocycles. The Labute approximate surface area is 113 Å². The van der Waals surface area contributed by atoms with E-state index in [-0.39, 0.29) is 15.7 Å². The fourth-order valence-corrected chi connectivity index (χ4v) is 1.75. The summed E-state index contributed by atoms with van der Waals surface area (Å²) in [5.41, 5.74) is 0.568. The number of benzene rings is 1. The molecule has 0 amide bonds. The Morgan fingerprint density at radius 2 is 1.76 bits per heavy atom. The molecule has 0 aliphatic carbocycles. The summed E-state index contributed by atoms with van der Waals surface area (Å²) in [4.78, 5) is 15.6. The second-order valence-corrected chi connectivity index (χ2v) is 4.58. The molecule has 0 saturated heterocycles. The Morgan fingerprint density at radius 3 is 2.41 bits per heavy atom. The van der Waals surface area contributed by atoms with E-state index in [4.69, 9.17) is 34.8 Å². The van der Waals surface area contributed by atoms with Crippen molar-refractivity contribution in [2.24, 2.45) is 0 Å². The topological polar surface area (TPSA) is 34.9 Å². The molecular weight excluding hydrogens is 282 g/mol. The summed E-state index contributed by atoms with van der Waals surface area (Å²) < 4.78 is 1.39. The number of hydrogen-bond donors (Lipinski definition) is 0. The van der Waals surface area contributed by atoms with Crippen molar-refractivity contribution in [2.75, 3.05) is 0 Å². The Morgan fingerprint density at radius 1 is 1.12 bits per heavy atom. The van der Waals surface area contributed by atoms with E-state index in [0.29, 0.717) is 11.6 Å². The van der Waals surface area contributed by atoms with Gasteiger partial charge >= 0.3 is 0 Å². The highest BCUT2D eigenvalue weighted by Gasteiger charge is 2.07. The van der Waals surface area contributed by atoms with Crippen LogP contribution in [0, 0.1) is 0 Å². The summed E-state index contributed by atoms with van der Waals surface area (Å²) in [6.07, 6.45) is 1.37. The van der Waals surface area contributed by atoms with Crippen LogP contribution in [-0.4, -0.2) is 9.55 Å². The van der Waals surface area contributed by atoms with Crippen LogP contribution in [0.2, 0.25) is 15.2 Å². The first-order valence-corrected chi connectivity index (χ1v) is 5.86. The Bertz CT molecular complexity index is 593. The van der Waals surface area contributed by atoms with E-state index in [1.807, 2.05) is 12.1 Å². The van der Waals surface area contributed by atoms with Gasteiger partial charge in [-0.15, -0.1) is 0 Å². The maximum Gasteiger partial charge on any atom is 0.273 e. The fourth-order valence-electron chi connectivity index (χ4n) is 1.34. The first kappa shape index (κ1) is 12.4. The largest absolute Gasteiger partial charge is 0.293 e. The van der Waals surface area contributed by atoms with Crippen molar-refractivity contribution in [1.82, 2.24) is 9.55 Å². The van der Waals surface area contributed by atoms with Gasteiger partial charge < -0.3 is 0 Å². The first-order valence-electron chi connectivity index (χ1n) is 4.73. The van der Waals surface area contributed by atoms with Gasteiger partial charge in [-0.25, -0.2) is 4.98 Å². The van der Waals surface area contributed by atoms with Crippen molar-refractivity contribution >= 4 is 34.8 Å². The van der Waals surface area contributed by atoms with Gasteiger partial charge in [0.25, 0.3) is 5.56 Å². The van der Waals surface area contributed by atoms with Crippen molar-refractivity contribution < 1.29 is 0 Å². The molecule has 0 N–H and O–H groups in total. The molecule has 0 saturated carbocycles. The molecule has 2 aromatic rings. The number of rotatable bonds is 2. The highest BCUT2D eigenvalue weighted by atomic mass is 35.5. The predicted octanol–water partition coefficient (Wildman–Crippen LogP) is 3.25. The van der Waals surface area contributed by atoms with E-state index < -0.39 is 0 Å². The van der Waals surface area contributed by atoms with E-state index in [0.717, 1.165) is 5.56 Å². The molecule has 0 spiro atoms. The van der Waals surface area contributed by atoms with Gasteiger partial charge in [0.15, 0.2) is 5.15 Å². The van der Waals surface area contributed by atoms with E-state index in [1.165, 1.54) is 10.9 Å². The third-order valence-electron chi connectivity index (χ3n) is 2.21. The van der Waals surface area contributed by atoms with E-state index in [1.54, 1.807) is 12.1 Å². The first-order chi connectivity index (χ1) is 8.08. The molecule has 1 aromatic carbocycles. The standard InChI is InChI=1S/C11H7Cl3N2O/c12-8-3-1-7(2-4-8)5-16-6-15-10(14)9(13)11(16)17/h1-4,6H,5H2. The summed E-state index contributed by atoms with van der Waals surface area (Å²) in [6.45, 7) is 0.375. The molecule has 0 radical (unpaired) electrons. The molecular formula is C11H7Cl3N2O. The minimum absolute atomic E-state index is 0.0176. The normalized spacial score (nSPS) is 10.5. The van der Waals surface area contributed by atoms with Gasteiger partial charge in [0.05, 0.1) is 12.9 Å². The number of halogens is 3. The van der Waals surface area contributed by atoms with Crippen LogP contribution in [0.3, 0.4) is 0 Å². The van der Waals surface area contributed by atoms with Crippen LogP contribution < -0.4 is 5.56 Å². The molecule has 88 valence electrons. The lowest BCUT2D eigenvalue weighted by atomic mass is 10.2. The highest BCUT2D eigenvalue weighted by molar-refractivity contribution is 6.40. The fraction of sp³-hybridized carbons (Fsp3) is 0.0909. The molecule has 6 heteroatoms. The lowest BCUT2D eigenvalue weighted by Gasteiger charge is -2.06. The Kier molecular flexibility index (Phi) is 3.72. The van der Waals surface area contributed by atoms with Crippen LogP contribution in [0.25, 0.3) is 0 Å². The van der Waals surface area contributed by atoms with E-state index >= 15 is 0 Å². The van der Waals surface area contributed by atoms with Crippen LogP contribution in [0.4, 0.5) is 0 Å². The highest BCUT2D eigenvalue weighted by Crippen LogP contribution is 2.14. The summed E-state index contributed by atoms with van der Waals surface area (Å²) in [5, 5.41) is 0.598. The lowest BCUT2D eigenvalue weighted by molar-refractivity contribution is 0.736. The van der Waals surface area contributed by atoms with Gasteiger partial charge in [0.2, 0.25) is 0 Å². The molecule has 3 nitrogen and oxygen atoms in total. The van der Waals surface area contributed by atoms with Crippen molar-refractivity contribution in [3.8, 4) is 0 Å². The molecule has 0 unspecified atom stereocenters. The average Bonchev–Trinajstić information content (AvgIpc) is 2.33. The molecule has 2 rings (SSSR count). The smallest absolute Gasteiger partial charge is 0.273 e. The molecule has 0 fully saturated rings. The van der Waals surface area contributed by atoms with Crippen molar-refractivity contribution in [3.63, 3.8) is 0 Å². The lowest BCUT2D eigenvalue weighted by Crippen LogP contribution is -2.21. The van der Waals surface area contributed by atoms with Crippen molar-refractivity contribution in [3.05, 3.63) is 61.7 Å². The monoisotopic (exact) mass is 288 g/mol. The van der Waals surface area contributed by atoms with Crippen LogP contribution in [0.15, 0.2) is 35.4 Å². The maximum atomic E-state index is 11.7. The van der Waals surface area contributed by atoms with E-state index in [2.05, 4.69) is 4.98 Å². The Balaban J connectivity index is 2.34. The zero-order valence-electron chi connectivity index (χ0n) is 8.53. The van der Waals surface area contributed by atoms with E-state index in [9.17, 15) is 4.79 Å². The minimum Gasteiger partial charge on any atom is -0.293 e. The predicted molar refractivity (Wildman–Crippen MR) is 69.1 cm³/mol. The summed E-state index contributed by atoms with van der Waals surface area (Å²) >= 11 is 17.1. The second kappa shape index (κ2) is 5.08. The number of nitrogens with zero attached hydrogens (tertiary/aromatic N) is 2. The zero-order chi connectivity index (χ0) is 12.4. The van der Waals surface area contributed by atoms with Crippen LogP contribution >= 0.6 is 34.8 Å². The third-order valence-corrected chi connectivity index (χ3v) is 3.18. The molecule has 0 aliphatic rings. The van der Waals surface area contributed by atoms with Crippen LogP contribution in [0.1, 0.15) is 5.56 Å². The molecule has 0 bridgehead atoms. The van der Waals surface area contributed by atoms with Crippen molar-refractivity contribution in [1.29, 1.82) is 0 Å². The number of aromatic nitrogens is 2. The van der Waals surface area contributed by atoms with Gasteiger partial charge in [-0.1, -0.05) is 46.9 Å². The zero-order valence-corrected chi connectivity index (χ0v) is 10.8. The molecule has 0 atom stereocenters. The van der Waals surface area contributed by atoms with Gasteiger partial charge in [-0.3, -0.25) is 9.36 Å². The molecule has 0 aliphatic heterocycles. The average molecular weight is 290 g/mol. The summed E-state index contributed by atoms with van der Waals surface area (Å²) in [6, 6.07) is 7.17. The van der Waals surface area contributed by atoms with Gasteiger partial charge in [-0.05, 0) is 17.7 Å². The SMILES string of the molecule is O=c1c(Cl)c(Cl)ncn1Cc1ccc(Cl)cc1. The maximum absolute atomic E-state index is 11.7. The second-order valence-electron chi connectivity index (χ2n) is 3.41. The van der Waals surface area contributed by atoms with Crippen molar-refractivity contribution in [2.45, 2.75) is 6.54 Å². The van der Waals surface area contributed by atoms with Crippen LogP contribution in [-0.2, 0) is 6.54 Å². The molecule has 17 heavy (non-hydrogen) atoms. The Hall–Kier alpha value is -1.03. The minimum atomic E-state index is -0.360. The van der Waals surface area contributed by atoms with Gasteiger partial charge in [0, 0.05) is 5.02 Å². The summed E-state index contributed by atoms with van der Waals surface area (Å²) in [5.74, 6) is 0. The molecule has 1 heterocycles. The third kappa shape index (κ3) is 2.80. The summed E-state index contributed by atoms with van der Waals surface area (Å²) in [7, 11) is 0. The van der Waals surface area contributed by atoms with Gasteiger partial charge in [0.1, 0.15) is 5.02 Å². The quantitative estimate of drug-likeness (QED) is 0.796. The van der Waals surface area contributed by atoms with Gasteiger partial charge in [-0.2, -0.15) is 0 Å². The van der Waals surface area contributed by atoms with Crippen LogP contribution in [0.5, 0.6) is 0 Å². The number of hydrogen-bond acceptors (Lipinski definition) is 2.